The van der Waals surface area contributed by atoms with Gasteiger partial charge in [-0.3, -0.25) is 0 Å². The zero-order valence-electron chi connectivity index (χ0n) is 6.39. The molecule has 0 aliphatic carbocycles. The Kier molecular flexibility index (Phi) is 39.0. The smallest absolute Gasteiger partial charge is 0.373 e. The Morgan fingerprint density at radius 1 is 1.40 bits per heavy atom. The van der Waals surface area contributed by atoms with Gasteiger partial charge in [-0.1, -0.05) is 25.5 Å². The summed E-state index contributed by atoms with van der Waals surface area (Å²) >= 11 is 0. The van der Waals surface area contributed by atoms with Crippen molar-refractivity contribution >= 4 is 6.15 Å². The van der Waals surface area contributed by atoms with Crippen molar-refractivity contribution in [1.82, 2.24) is 0 Å². The largest absolute Gasteiger partial charge is 0.412 e. The predicted molar refractivity (Wildman–Crippen MR) is 38.3 cm³/mol. The standard InChI is InChI=1S/C6H12.CO2.H2O/c1-3-5-6-4-2;2-1-3;/h3,5H,4,6H2,1-2H3;;1H2. The summed E-state index contributed by atoms with van der Waals surface area (Å²) < 4.78 is 0. The molecule has 0 saturated heterocycles. The third-order valence-electron chi connectivity index (χ3n) is 0.691. The molecule has 0 spiro atoms. The van der Waals surface area contributed by atoms with E-state index in [4.69, 9.17) is 9.59 Å². The first-order valence-corrected chi connectivity index (χ1v) is 2.93. The van der Waals surface area contributed by atoms with E-state index >= 15 is 0 Å². The molecule has 3 nitrogen and oxygen atoms in total. The highest BCUT2D eigenvalue weighted by molar-refractivity contribution is 5.20. The fraction of sp³-hybridized carbons (Fsp3) is 0.571. The van der Waals surface area contributed by atoms with Crippen LogP contribution in [0.25, 0.3) is 0 Å². The first-order valence-electron chi connectivity index (χ1n) is 2.93. The van der Waals surface area contributed by atoms with Crippen molar-refractivity contribution in [1.29, 1.82) is 0 Å². The van der Waals surface area contributed by atoms with Crippen LogP contribution in [0.15, 0.2) is 12.2 Å². The quantitative estimate of drug-likeness (QED) is 0.544. The molecule has 0 aliphatic rings. The van der Waals surface area contributed by atoms with Crippen molar-refractivity contribution in [3.05, 3.63) is 12.2 Å². The van der Waals surface area contributed by atoms with Crippen LogP contribution >= 0.6 is 0 Å². The summed E-state index contributed by atoms with van der Waals surface area (Å²) in [5.41, 5.74) is 0. The highest BCUT2D eigenvalue weighted by atomic mass is 16.2. The number of hydrogen-bond donors (Lipinski definition) is 0. The van der Waals surface area contributed by atoms with Crippen LogP contribution in [0.2, 0.25) is 0 Å². The van der Waals surface area contributed by atoms with Crippen LogP contribution in [0, 0.1) is 0 Å². The predicted octanol–water partition coefficient (Wildman–Crippen LogP) is 0.954. The van der Waals surface area contributed by atoms with Gasteiger partial charge in [0.05, 0.1) is 0 Å². The van der Waals surface area contributed by atoms with Crippen molar-refractivity contribution in [2.24, 2.45) is 0 Å². The summed E-state index contributed by atoms with van der Waals surface area (Å²) in [5, 5.41) is 0. The van der Waals surface area contributed by atoms with Gasteiger partial charge in [-0.15, -0.1) is 0 Å². The summed E-state index contributed by atoms with van der Waals surface area (Å²) in [4.78, 5) is 16.2. The Morgan fingerprint density at radius 3 is 1.90 bits per heavy atom. The average Bonchev–Trinajstić information content (AvgIpc) is 1.86. The maximum absolute atomic E-state index is 8.12. The molecule has 0 aromatic rings. The molecule has 0 rings (SSSR count). The van der Waals surface area contributed by atoms with Crippen molar-refractivity contribution < 1.29 is 15.1 Å². The molecule has 0 bridgehead atoms. The van der Waals surface area contributed by atoms with E-state index in [1.165, 1.54) is 12.8 Å². The van der Waals surface area contributed by atoms with Gasteiger partial charge in [-0.25, -0.2) is 0 Å². The third kappa shape index (κ3) is 60.5. The Balaban J connectivity index is -0.000000107. The molecule has 2 N–H and O–H groups in total. The average molecular weight is 146 g/mol. The van der Waals surface area contributed by atoms with Crippen LogP contribution in [-0.4, -0.2) is 11.6 Å². The molecular weight excluding hydrogens is 132 g/mol. The molecule has 0 saturated carbocycles. The second-order valence-corrected chi connectivity index (χ2v) is 1.44. The van der Waals surface area contributed by atoms with Gasteiger partial charge in [0.25, 0.3) is 0 Å². The van der Waals surface area contributed by atoms with E-state index in [-0.39, 0.29) is 11.6 Å². The summed E-state index contributed by atoms with van der Waals surface area (Å²) in [6.07, 6.45) is 7.02. The van der Waals surface area contributed by atoms with Gasteiger partial charge in [-0.05, 0) is 13.3 Å². The highest BCUT2D eigenvalue weighted by Crippen LogP contribution is 1.85. The molecule has 0 aromatic carbocycles. The monoisotopic (exact) mass is 146 g/mol. The fourth-order valence-electron chi connectivity index (χ4n) is 0.333. The highest BCUT2D eigenvalue weighted by Gasteiger charge is 1.64. The number of hydrogen-bond acceptors (Lipinski definition) is 2. The molecule has 0 radical (unpaired) electrons. The molecule has 0 amide bonds. The van der Waals surface area contributed by atoms with Crippen molar-refractivity contribution in [2.75, 3.05) is 0 Å². The van der Waals surface area contributed by atoms with Crippen molar-refractivity contribution in [3.8, 4) is 0 Å². The lowest BCUT2D eigenvalue weighted by molar-refractivity contribution is -0.191. The fourth-order valence-corrected chi connectivity index (χ4v) is 0.333. The third-order valence-corrected chi connectivity index (χ3v) is 0.691. The molecule has 0 atom stereocenters. The number of allylic oxidation sites excluding steroid dienone is 2. The first kappa shape index (κ1) is 16.0. The van der Waals surface area contributed by atoms with E-state index in [0.29, 0.717) is 0 Å². The Hall–Kier alpha value is -0.920. The maximum Gasteiger partial charge on any atom is 0.373 e. The SMILES string of the molecule is CC=CCCC.O.O=C=O. The van der Waals surface area contributed by atoms with Crippen LogP contribution in [0.1, 0.15) is 26.7 Å². The van der Waals surface area contributed by atoms with Crippen LogP contribution < -0.4 is 0 Å². The van der Waals surface area contributed by atoms with Crippen LogP contribution in [0.5, 0.6) is 0 Å². The van der Waals surface area contributed by atoms with Gasteiger partial charge in [-0.2, -0.15) is 9.59 Å². The number of rotatable bonds is 2. The zero-order valence-corrected chi connectivity index (χ0v) is 6.39. The van der Waals surface area contributed by atoms with Crippen LogP contribution in [0.3, 0.4) is 0 Å². The molecule has 0 unspecified atom stereocenters. The molecule has 3 heteroatoms. The lowest BCUT2D eigenvalue weighted by atomic mass is 10.3. The first-order chi connectivity index (χ1) is 4.33. The van der Waals surface area contributed by atoms with Gasteiger partial charge >= 0.3 is 6.15 Å². The molecule has 60 valence electrons. The molecular formula is C7H14O3. The van der Waals surface area contributed by atoms with E-state index in [9.17, 15) is 0 Å². The van der Waals surface area contributed by atoms with Crippen molar-refractivity contribution in [2.45, 2.75) is 26.7 Å². The second-order valence-electron chi connectivity index (χ2n) is 1.44. The van der Waals surface area contributed by atoms with E-state index in [1.807, 2.05) is 0 Å². The van der Waals surface area contributed by atoms with Gasteiger partial charge in [0.2, 0.25) is 0 Å². The van der Waals surface area contributed by atoms with Gasteiger partial charge in [0, 0.05) is 0 Å². The summed E-state index contributed by atoms with van der Waals surface area (Å²) in [6, 6.07) is 0. The van der Waals surface area contributed by atoms with Gasteiger partial charge < -0.3 is 5.48 Å². The Bertz CT molecular complexity index is 91.0. The minimum Gasteiger partial charge on any atom is -0.412 e. The van der Waals surface area contributed by atoms with E-state index in [0.717, 1.165) is 0 Å². The van der Waals surface area contributed by atoms with E-state index in [2.05, 4.69) is 26.0 Å². The lowest BCUT2D eigenvalue weighted by Gasteiger charge is -1.76. The van der Waals surface area contributed by atoms with Gasteiger partial charge in [0.15, 0.2) is 0 Å². The molecule has 0 fully saturated rings. The van der Waals surface area contributed by atoms with Crippen LogP contribution in [0.4, 0.5) is 0 Å². The summed E-state index contributed by atoms with van der Waals surface area (Å²) in [6.45, 7) is 4.23. The molecule has 0 aromatic heterocycles. The summed E-state index contributed by atoms with van der Waals surface area (Å²) in [5.74, 6) is 0. The number of unbranched alkanes of at least 4 members (excludes halogenated alkanes) is 1. The van der Waals surface area contributed by atoms with Crippen molar-refractivity contribution in [3.63, 3.8) is 0 Å². The minimum atomic E-state index is 0. The number of carbonyl (C=O) groups excluding carboxylic acids is 2. The van der Waals surface area contributed by atoms with E-state index < -0.39 is 0 Å². The summed E-state index contributed by atoms with van der Waals surface area (Å²) in [7, 11) is 0. The molecule has 0 heterocycles. The van der Waals surface area contributed by atoms with Gasteiger partial charge in [0.1, 0.15) is 0 Å². The minimum absolute atomic E-state index is 0. The lowest BCUT2D eigenvalue weighted by Crippen LogP contribution is -1.55. The molecule has 10 heavy (non-hydrogen) atoms. The second kappa shape index (κ2) is 24.3. The van der Waals surface area contributed by atoms with Crippen LogP contribution in [-0.2, 0) is 9.59 Å². The molecule has 0 aliphatic heterocycles. The Morgan fingerprint density at radius 2 is 1.80 bits per heavy atom. The topological polar surface area (TPSA) is 65.6 Å². The van der Waals surface area contributed by atoms with E-state index in [1.54, 1.807) is 0 Å². The Labute approximate surface area is 61.0 Å². The maximum atomic E-state index is 8.12. The zero-order chi connectivity index (χ0) is 7.54. The normalized spacial score (nSPS) is 7.00.